The zero-order valence-electron chi connectivity index (χ0n) is 13.1. The summed E-state index contributed by atoms with van der Waals surface area (Å²) in [6.45, 7) is 8.10. The van der Waals surface area contributed by atoms with Crippen LogP contribution in [0, 0.1) is 0 Å². The Bertz CT molecular complexity index is 521. The molecule has 21 heavy (non-hydrogen) atoms. The number of ether oxygens (including phenoxy) is 1. The fourth-order valence-corrected chi connectivity index (χ4v) is 1.88. The molecule has 1 aromatic carbocycles. The molecule has 0 heterocycles. The maximum atomic E-state index is 11.8. The van der Waals surface area contributed by atoms with E-state index in [4.69, 9.17) is 0 Å². The van der Waals surface area contributed by atoms with Crippen molar-refractivity contribution in [3.05, 3.63) is 35.4 Å². The predicted molar refractivity (Wildman–Crippen MR) is 80.1 cm³/mol. The van der Waals surface area contributed by atoms with E-state index in [1.165, 1.54) is 5.56 Å². The van der Waals surface area contributed by atoms with Gasteiger partial charge in [-0.05, 0) is 23.5 Å². The molecule has 0 unspecified atom stereocenters. The molecule has 0 saturated heterocycles. The molecule has 0 amide bonds. The Labute approximate surface area is 125 Å². The third-order valence-corrected chi connectivity index (χ3v) is 3.08. The average Bonchev–Trinajstić information content (AvgIpc) is 2.38. The number of hydrogen-bond donors (Lipinski definition) is 0. The van der Waals surface area contributed by atoms with Crippen LogP contribution in [0.3, 0.4) is 0 Å². The zero-order valence-corrected chi connectivity index (χ0v) is 13.1. The Hall–Kier alpha value is -1.97. The third-order valence-electron chi connectivity index (χ3n) is 3.08. The highest BCUT2D eigenvalue weighted by Gasteiger charge is 2.19. The van der Waals surface area contributed by atoms with Gasteiger partial charge in [0.15, 0.2) is 0 Å². The van der Waals surface area contributed by atoms with E-state index in [0.717, 1.165) is 5.56 Å². The van der Waals surface area contributed by atoms with E-state index < -0.39 is 18.2 Å². The summed E-state index contributed by atoms with van der Waals surface area (Å²) in [6, 6.07) is 7.73. The van der Waals surface area contributed by atoms with Crippen molar-refractivity contribution in [2.45, 2.75) is 46.0 Å². The first-order chi connectivity index (χ1) is 9.74. The molecule has 0 aliphatic heterocycles. The number of benzene rings is 1. The number of esters is 1. The lowest BCUT2D eigenvalue weighted by Crippen LogP contribution is -2.21. The van der Waals surface area contributed by atoms with E-state index in [9.17, 15) is 14.4 Å². The highest BCUT2D eigenvalue weighted by Crippen LogP contribution is 2.22. The minimum absolute atomic E-state index is 0.0580. The highest BCUT2D eigenvalue weighted by molar-refractivity contribution is 6.37. The van der Waals surface area contributed by atoms with E-state index in [1.807, 2.05) is 24.3 Å². The molecule has 0 fully saturated rings. The molecule has 1 rings (SSSR count). The predicted octanol–water partition coefficient (Wildman–Crippen LogP) is 2.62. The Morgan fingerprint density at radius 2 is 1.62 bits per heavy atom. The molecule has 4 nitrogen and oxygen atoms in total. The SMILES string of the molecule is CCOC(=O)C(=O)CC(=O)Cc1ccc(C(C)(C)C)cc1. The van der Waals surface area contributed by atoms with Crippen LogP contribution in [0.1, 0.15) is 45.2 Å². The second-order valence-electron chi connectivity index (χ2n) is 5.98. The Morgan fingerprint density at radius 1 is 1.05 bits per heavy atom. The number of carbonyl (C=O) groups is 3. The maximum absolute atomic E-state index is 11.8. The minimum Gasteiger partial charge on any atom is -0.460 e. The van der Waals surface area contributed by atoms with E-state index >= 15 is 0 Å². The molecule has 0 spiro atoms. The van der Waals surface area contributed by atoms with E-state index in [2.05, 4.69) is 25.5 Å². The van der Waals surface area contributed by atoms with Crippen molar-refractivity contribution in [2.75, 3.05) is 6.61 Å². The van der Waals surface area contributed by atoms with Crippen molar-refractivity contribution < 1.29 is 19.1 Å². The van der Waals surface area contributed by atoms with Crippen LogP contribution in [-0.2, 0) is 31.0 Å². The van der Waals surface area contributed by atoms with Crippen LogP contribution < -0.4 is 0 Å². The number of ketones is 2. The van der Waals surface area contributed by atoms with Gasteiger partial charge in [0, 0.05) is 6.42 Å². The molecule has 114 valence electrons. The molecule has 0 saturated carbocycles. The van der Waals surface area contributed by atoms with Crippen LogP contribution in [0.2, 0.25) is 0 Å². The number of rotatable bonds is 6. The molecule has 0 N–H and O–H groups in total. The number of Topliss-reactive ketones (excluding diaryl/α,β-unsaturated/α-hetero) is 2. The molecule has 0 aromatic heterocycles. The van der Waals surface area contributed by atoms with E-state index in [1.54, 1.807) is 6.92 Å². The Morgan fingerprint density at radius 3 is 2.10 bits per heavy atom. The van der Waals surface area contributed by atoms with Crippen molar-refractivity contribution in [1.29, 1.82) is 0 Å². The Balaban J connectivity index is 2.59. The average molecular weight is 290 g/mol. The van der Waals surface area contributed by atoms with Crippen molar-refractivity contribution in [1.82, 2.24) is 0 Å². The van der Waals surface area contributed by atoms with Gasteiger partial charge in [0.25, 0.3) is 0 Å². The van der Waals surface area contributed by atoms with Gasteiger partial charge in [-0.15, -0.1) is 0 Å². The van der Waals surface area contributed by atoms with Gasteiger partial charge in [-0.1, -0.05) is 45.0 Å². The molecule has 0 aliphatic rings. The lowest BCUT2D eigenvalue weighted by Gasteiger charge is -2.19. The van der Waals surface area contributed by atoms with Gasteiger partial charge in [-0.25, -0.2) is 4.79 Å². The summed E-state index contributed by atoms with van der Waals surface area (Å²) in [5, 5.41) is 0. The topological polar surface area (TPSA) is 60.4 Å². The summed E-state index contributed by atoms with van der Waals surface area (Å²) in [5.41, 5.74) is 2.08. The quantitative estimate of drug-likeness (QED) is 0.459. The minimum atomic E-state index is -0.936. The van der Waals surface area contributed by atoms with Gasteiger partial charge in [-0.2, -0.15) is 0 Å². The van der Waals surface area contributed by atoms with Crippen molar-refractivity contribution in [3.63, 3.8) is 0 Å². The van der Waals surface area contributed by atoms with Crippen molar-refractivity contribution in [2.24, 2.45) is 0 Å². The van der Waals surface area contributed by atoms with Gasteiger partial charge < -0.3 is 4.74 Å². The second-order valence-corrected chi connectivity index (χ2v) is 5.98. The fourth-order valence-electron chi connectivity index (χ4n) is 1.88. The smallest absolute Gasteiger partial charge is 0.375 e. The van der Waals surface area contributed by atoms with Gasteiger partial charge in [0.1, 0.15) is 5.78 Å². The number of carbonyl (C=O) groups excluding carboxylic acids is 3. The van der Waals surface area contributed by atoms with E-state index in [0.29, 0.717) is 0 Å². The molecule has 0 atom stereocenters. The normalized spacial score (nSPS) is 11.0. The van der Waals surface area contributed by atoms with Crippen molar-refractivity contribution >= 4 is 17.5 Å². The van der Waals surface area contributed by atoms with Gasteiger partial charge in [0.2, 0.25) is 5.78 Å². The third kappa shape index (κ3) is 5.50. The van der Waals surface area contributed by atoms with Crippen LogP contribution in [0.4, 0.5) is 0 Å². The zero-order chi connectivity index (χ0) is 16.0. The first kappa shape index (κ1) is 17.1. The molecule has 1 aromatic rings. The molecule has 4 heteroatoms. The standard InChI is InChI=1S/C17H22O4/c1-5-21-16(20)15(19)11-14(18)10-12-6-8-13(9-7-12)17(2,3)4/h6-9H,5,10-11H2,1-4H3. The van der Waals surface area contributed by atoms with Crippen LogP contribution in [-0.4, -0.2) is 24.1 Å². The largest absolute Gasteiger partial charge is 0.460 e. The van der Waals surface area contributed by atoms with Crippen LogP contribution in [0.5, 0.6) is 0 Å². The summed E-state index contributed by atoms with van der Waals surface area (Å²) in [5.74, 6) is -2.00. The molecule has 0 radical (unpaired) electrons. The monoisotopic (exact) mass is 290 g/mol. The van der Waals surface area contributed by atoms with Gasteiger partial charge >= 0.3 is 5.97 Å². The lowest BCUT2D eigenvalue weighted by atomic mass is 9.86. The first-order valence-corrected chi connectivity index (χ1v) is 7.05. The molecule has 0 aliphatic carbocycles. The second kappa shape index (κ2) is 7.16. The molecular weight excluding hydrogens is 268 g/mol. The lowest BCUT2D eigenvalue weighted by molar-refractivity contribution is -0.154. The summed E-state index contributed by atoms with van der Waals surface area (Å²) >= 11 is 0. The fraction of sp³-hybridized carbons (Fsp3) is 0.471. The van der Waals surface area contributed by atoms with Gasteiger partial charge in [-0.3, -0.25) is 9.59 Å². The van der Waals surface area contributed by atoms with Crippen LogP contribution in [0.25, 0.3) is 0 Å². The van der Waals surface area contributed by atoms with Crippen LogP contribution >= 0.6 is 0 Å². The summed E-state index contributed by atoms with van der Waals surface area (Å²) in [4.78, 5) is 34.4. The molecular formula is C17H22O4. The number of hydrogen-bond acceptors (Lipinski definition) is 4. The molecule has 0 bridgehead atoms. The van der Waals surface area contributed by atoms with Crippen molar-refractivity contribution in [3.8, 4) is 0 Å². The summed E-state index contributed by atoms with van der Waals surface area (Å²) in [6.07, 6.45) is -0.255. The van der Waals surface area contributed by atoms with E-state index in [-0.39, 0.29) is 24.2 Å². The Kier molecular flexibility index (Phi) is 5.82. The highest BCUT2D eigenvalue weighted by atomic mass is 16.5. The summed E-state index contributed by atoms with van der Waals surface area (Å²) in [7, 11) is 0. The van der Waals surface area contributed by atoms with Crippen LogP contribution in [0.15, 0.2) is 24.3 Å². The first-order valence-electron chi connectivity index (χ1n) is 7.05. The summed E-state index contributed by atoms with van der Waals surface area (Å²) < 4.78 is 4.57. The van der Waals surface area contributed by atoms with Gasteiger partial charge in [0.05, 0.1) is 13.0 Å². The maximum Gasteiger partial charge on any atom is 0.375 e.